The Kier molecular flexibility index (Phi) is 5.09. The summed E-state index contributed by atoms with van der Waals surface area (Å²) in [5.74, 6) is 0.715. The number of nitro groups is 1. The summed E-state index contributed by atoms with van der Waals surface area (Å²) < 4.78 is 0. The van der Waals surface area contributed by atoms with Crippen LogP contribution in [-0.2, 0) is 0 Å². The lowest BCUT2D eigenvalue weighted by Crippen LogP contribution is -2.35. The molecule has 1 aliphatic heterocycles. The van der Waals surface area contributed by atoms with Crippen LogP contribution < -0.4 is 5.32 Å². The third-order valence-corrected chi connectivity index (χ3v) is 4.13. The second-order valence-electron chi connectivity index (χ2n) is 5.73. The van der Waals surface area contributed by atoms with E-state index in [9.17, 15) is 10.1 Å². The highest BCUT2D eigenvalue weighted by Gasteiger charge is 2.18. The van der Waals surface area contributed by atoms with E-state index < -0.39 is 0 Å². The van der Waals surface area contributed by atoms with E-state index in [0.29, 0.717) is 5.92 Å². The van der Waals surface area contributed by atoms with Gasteiger partial charge in [0.25, 0.3) is 5.69 Å². The molecular weight excluding hydrogens is 254 g/mol. The number of likely N-dealkylation sites (tertiary alicyclic amines) is 1. The van der Waals surface area contributed by atoms with Gasteiger partial charge in [0, 0.05) is 18.2 Å². The molecule has 0 bridgehead atoms. The minimum Gasteiger partial charge on any atom is -0.310 e. The quantitative estimate of drug-likeness (QED) is 0.664. The molecule has 1 heterocycles. The van der Waals surface area contributed by atoms with Gasteiger partial charge in [0.1, 0.15) is 0 Å². The summed E-state index contributed by atoms with van der Waals surface area (Å²) in [6.45, 7) is 5.38. The molecule has 5 heteroatoms. The fraction of sp³-hybridized carbons (Fsp3) is 0.600. The first-order valence-electron chi connectivity index (χ1n) is 7.22. The first-order chi connectivity index (χ1) is 9.56. The number of hydrogen-bond donors (Lipinski definition) is 1. The number of non-ortho nitro benzene ring substituents is 1. The number of hydrogen-bond acceptors (Lipinski definition) is 4. The van der Waals surface area contributed by atoms with E-state index in [0.717, 1.165) is 25.2 Å². The molecule has 1 fully saturated rings. The molecule has 0 aliphatic carbocycles. The minimum absolute atomic E-state index is 0.148. The molecule has 110 valence electrons. The SMILES string of the molecule is CC(NCC1CCN(C)CC1)c1cccc([N+](=O)[O-])c1. The number of nitrogens with one attached hydrogen (secondary N) is 1. The van der Waals surface area contributed by atoms with Gasteiger partial charge in [-0.2, -0.15) is 0 Å². The van der Waals surface area contributed by atoms with Gasteiger partial charge in [0.15, 0.2) is 0 Å². The molecule has 1 saturated heterocycles. The molecule has 20 heavy (non-hydrogen) atoms. The monoisotopic (exact) mass is 277 g/mol. The Morgan fingerprint density at radius 1 is 1.45 bits per heavy atom. The zero-order valence-electron chi connectivity index (χ0n) is 12.2. The highest BCUT2D eigenvalue weighted by Crippen LogP contribution is 2.20. The highest BCUT2D eigenvalue weighted by molar-refractivity contribution is 5.35. The summed E-state index contributed by atoms with van der Waals surface area (Å²) in [4.78, 5) is 12.8. The molecule has 1 N–H and O–H groups in total. The Hall–Kier alpha value is -1.46. The molecule has 0 saturated carbocycles. The molecule has 0 radical (unpaired) electrons. The van der Waals surface area contributed by atoms with E-state index >= 15 is 0 Å². The Balaban J connectivity index is 1.86. The predicted octanol–water partition coefficient (Wildman–Crippen LogP) is 2.59. The average molecular weight is 277 g/mol. The maximum absolute atomic E-state index is 10.8. The zero-order valence-corrected chi connectivity index (χ0v) is 12.2. The van der Waals surface area contributed by atoms with Crippen LogP contribution in [0, 0.1) is 16.0 Å². The second-order valence-corrected chi connectivity index (χ2v) is 5.73. The minimum atomic E-state index is -0.340. The molecule has 1 aliphatic rings. The third-order valence-electron chi connectivity index (χ3n) is 4.13. The van der Waals surface area contributed by atoms with Gasteiger partial charge in [-0.3, -0.25) is 10.1 Å². The van der Waals surface area contributed by atoms with Crippen LogP contribution in [0.2, 0.25) is 0 Å². The first kappa shape index (κ1) is 14.9. The van der Waals surface area contributed by atoms with Crippen molar-refractivity contribution in [3.05, 3.63) is 39.9 Å². The van der Waals surface area contributed by atoms with Gasteiger partial charge in [-0.1, -0.05) is 12.1 Å². The van der Waals surface area contributed by atoms with E-state index in [1.807, 2.05) is 6.07 Å². The molecule has 0 aromatic heterocycles. The summed E-state index contributed by atoms with van der Waals surface area (Å²) in [6, 6.07) is 7.04. The van der Waals surface area contributed by atoms with Crippen molar-refractivity contribution in [2.24, 2.45) is 5.92 Å². The summed E-state index contributed by atoms with van der Waals surface area (Å²) in [5, 5.41) is 14.3. The molecular formula is C15H23N3O2. The zero-order chi connectivity index (χ0) is 14.5. The van der Waals surface area contributed by atoms with Crippen molar-refractivity contribution >= 4 is 5.69 Å². The van der Waals surface area contributed by atoms with Crippen LogP contribution in [0.5, 0.6) is 0 Å². The van der Waals surface area contributed by atoms with Crippen LogP contribution in [0.15, 0.2) is 24.3 Å². The molecule has 1 aromatic carbocycles. The average Bonchev–Trinajstić information content (AvgIpc) is 2.46. The van der Waals surface area contributed by atoms with Gasteiger partial charge in [0.05, 0.1) is 4.92 Å². The van der Waals surface area contributed by atoms with Crippen molar-refractivity contribution in [2.45, 2.75) is 25.8 Å². The van der Waals surface area contributed by atoms with Crippen molar-refractivity contribution in [1.29, 1.82) is 0 Å². The van der Waals surface area contributed by atoms with Crippen molar-refractivity contribution in [3.8, 4) is 0 Å². The summed E-state index contributed by atoms with van der Waals surface area (Å²) >= 11 is 0. The Morgan fingerprint density at radius 3 is 2.80 bits per heavy atom. The maximum Gasteiger partial charge on any atom is 0.269 e. The fourth-order valence-corrected chi connectivity index (χ4v) is 2.64. The lowest BCUT2D eigenvalue weighted by atomic mass is 9.96. The number of rotatable bonds is 5. The fourth-order valence-electron chi connectivity index (χ4n) is 2.64. The van der Waals surface area contributed by atoms with Crippen LogP contribution in [0.1, 0.15) is 31.4 Å². The Labute approximate surface area is 120 Å². The lowest BCUT2D eigenvalue weighted by molar-refractivity contribution is -0.384. The smallest absolute Gasteiger partial charge is 0.269 e. The standard InChI is InChI=1S/C15H23N3O2/c1-12(14-4-3-5-15(10-14)18(19)20)16-11-13-6-8-17(2)9-7-13/h3-5,10,12-13,16H,6-9,11H2,1-2H3. The largest absolute Gasteiger partial charge is 0.310 e. The summed E-state index contributed by atoms with van der Waals surface area (Å²) in [6.07, 6.45) is 2.45. The van der Waals surface area contributed by atoms with Gasteiger partial charge in [-0.05, 0) is 57.9 Å². The van der Waals surface area contributed by atoms with E-state index in [1.165, 1.54) is 18.9 Å². The van der Waals surface area contributed by atoms with E-state index in [4.69, 9.17) is 0 Å². The molecule has 1 unspecified atom stereocenters. The van der Waals surface area contributed by atoms with Crippen LogP contribution >= 0.6 is 0 Å². The van der Waals surface area contributed by atoms with Crippen molar-refractivity contribution < 1.29 is 4.92 Å². The van der Waals surface area contributed by atoms with Gasteiger partial charge in [-0.25, -0.2) is 0 Å². The van der Waals surface area contributed by atoms with Crippen LogP contribution in [0.25, 0.3) is 0 Å². The number of piperidine rings is 1. The van der Waals surface area contributed by atoms with Crippen molar-refractivity contribution in [3.63, 3.8) is 0 Å². The molecule has 0 spiro atoms. The van der Waals surface area contributed by atoms with Crippen molar-refractivity contribution in [2.75, 3.05) is 26.7 Å². The van der Waals surface area contributed by atoms with Crippen LogP contribution in [0.4, 0.5) is 5.69 Å². The van der Waals surface area contributed by atoms with E-state index in [-0.39, 0.29) is 16.7 Å². The maximum atomic E-state index is 10.8. The topological polar surface area (TPSA) is 58.4 Å². The normalized spacial score (nSPS) is 18.9. The molecule has 2 rings (SSSR count). The molecule has 1 atom stereocenters. The molecule has 0 amide bonds. The predicted molar refractivity (Wildman–Crippen MR) is 79.7 cm³/mol. The van der Waals surface area contributed by atoms with Crippen LogP contribution in [-0.4, -0.2) is 36.5 Å². The first-order valence-corrected chi connectivity index (χ1v) is 7.22. The Morgan fingerprint density at radius 2 is 2.15 bits per heavy atom. The van der Waals surface area contributed by atoms with Gasteiger partial charge in [0.2, 0.25) is 0 Å². The van der Waals surface area contributed by atoms with Gasteiger partial charge < -0.3 is 10.2 Å². The Bertz CT molecular complexity index is 456. The summed E-state index contributed by atoms with van der Waals surface area (Å²) in [7, 11) is 2.16. The highest BCUT2D eigenvalue weighted by atomic mass is 16.6. The van der Waals surface area contributed by atoms with Gasteiger partial charge in [-0.15, -0.1) is 0 Å². The van der Waals surface area contributed by atoms with E-state index in [2.05, 4.69) is 24.2 Å². The van der Waals surface area contributed by atoms with Crippen molar-refractivity contribution in [1.82, 2.24) is 10.2 Å². The number of benzene rings is 1. The van der Waals surface area contributed by atoms with Gasteiger partial charge >= 0.3 is 0 Å². The summed E-state index contributed by atoms with van der Waals surface area (Å²) in [5.41, 5.74) is 1.14. The van der Waals surface area contributed by atoms with E-state index in [1.54, 1.807) is 12.1 Å². The second kappa shape index (κ2) is 6.81. The lowest BCUT2D eigenvalue weighted by Gasteiger charge is -2.30. The molecule has 1 aromatic rings. The third kappa shape index (κ3) is 4.02. The van der Waals surface area contributed by atoms with Crippen LogP contribution in [0.3, 0.4) is 0 Å². The number of nitro benzene ring substituents is 1. The number of nitrogens with zero attached hydrogens (tertiary/aromatic N) is 2. The molecule has 5 nitrogen and oxygen atoms in total.